The summed E-state index contributed by atoms with van der Waals surface area (Å²) in [5, 5.41) is 19.0. The SMILES string of the molecule is CC(C)(c1cccc(-c2ccccc2)c1)c1ccc(O)c(C(=O)O)c1. The van der Waals surface area contributed by atoms with E-state index >= 15 is 0 Å². The van der Waals surface area contributed by atoms with E-state index in [2.05, 4.69) is 38.1 Å². The highest BCUT2D eigenvalue weighted by atomic mass is 16.4. The van der Waals surface area contributed by atoms with Gasteiger partial charge in [-0.3, -0.25) is 0 Å². The number of rotatable bonds is 4. The zero-order valence-electron chi connectivity index (χ0n) is 14.2. The number of aromatic carboxylic acids is 1. The average molecular weight is 332 g/mol. The number of carboxylic acids is 1. The first-order chi connectivity index (χ1) is 11.9. The molecule has 3 nitrogen and oxygen atoms in total. The summed E-state index contributed by atoms with van der Waals surface area (Å²) in [6.45, 7) is 4.10. The van der Waals surface area contributed by atoms with Gasteiger partial charge in [-0.25, -0.2) is 4.79 Å². The standard InChI is InChI=1S/C22H20O3/c1-22(2,18-11-12-20(23)19(14-18)21(24)25)17-10-6-9-16(13-17)15-7-4-3-5-8-15/h3-14,23H,1-2H3,(H,24,25). The van der Waals surface area contributed by atoms with Gasteiger partial charge in [-0.05, 0) is 34.4 Å². The van der Waals surface area contributed by atoms with Crippen LogP contribution < -0.4 is 0 Å². The van der Waals surface area contributed by atoms with E-state index in [4.69, 9.17) is 0 Å². The minimum Gasteiger partial charge on any atom is -0.507 e. The molecule has 0 aromatic heterocycles. The first-order valence-electron chi connectivity index (χ1n) is 8.12. The van der Waals surface area contributed by atoms with E-state index in [-0.39, 0.29) is 11.3 Å². The van der Waals surface area contributed by atoms with Gasteiger partial charge in [-0.1, -0.05) is 74.5 Å². The lowest BCUT2D eigenvalue weighted by Gasteiger charge is -2.27. The second-order valence-electron chi connectivity index (χ2n) is 6.61. The summed E-state index contributed by atoms with van der Waals surface area (Å²) in [5.41, 5.74) is 3.69. The number of benzene rings is 3. The average Bonchev–Trinajstić information content (AvgIpc) is 2.62. The van der Waals surface area contributed by atoms with Crippen LogP contribution in [0.3, 0.4) is 0 Å². The van der Waals surface area contributed by atoms with Gasteiger partial charge in [0.1, 0.15) is 11.3 Å². The van der Waals surface area contributed by atoms with Gasteiger partial charge < -0.3 is 10.2 Å². The molecule has 0 heterocycles. The Bertz CT molecular complexity index is 912. The van der Waals surface area contributed by atoms with E-state index in [0.717, 1.165) is 22.3 Å². The molecule has 0 aliphatic carbocycles. The fraction of sp³-hybridized carbons (Fsp3) is 0.136. The molecule has 0 radical (unpaired) electrons. The molecular formula is C22H20O3. The Balaban J connectivity index is 2.06. The zero-order valence-corrected chi connectivity index (χ0v) is 14.2. The maximum atomic E-state index is 11.3. The van der Waals surface area contributed by atoms with Crippen LogP contribution in [0, 0.1) is 0 Å². The van der Waals surface area contributed by atoms with Gasteiger partial charge in [0.15, 0.2) is 0 Å². The predicted molar refractivity (Wildman–Crippen MR) is 99.1 cm³/mol. The van der Waals surface area contributed by atoms with Crippen LogP contribution in [0.4, 0.5) is 0 Å². The number of carbonyl (C=O) groups is 1. The summed E-state index contributed by atoms with van der Waals surface area (Å²) in [7, 11) is 0. The van der Waals surface area contributed by atoms with Crippen LogP contribution in [-0.4, -0.2) is 16.2 Å². The monoisotopic (exact) mass is 332 g/mol. The van der Waals surface area contributed by atoms with E-state index in [1.165, 1.54) is 6.07 Å². The van der Waals surface area contributed by atoms with Crippen LogP contribution in [0.1, 0.15) is 35.3 Å². The topological polar surface area (TPSA) is 57.5 Å². The van der Waals surface area contributed by atoms with Gasteiger partial charge in [-0.2, -0.15) is 0 Å². The highest BCUT2D eigenvalue weighted by Gasteiger charge is 2.25. The second-order valence-corrected chi connectivity index (χ2v) is 6.61. The minimum atomic E-state index is -1.13. The van der Waals surface area contributed by atoms with Crippen LogP contribution in [0.25, 0.3) is 11.1 Å². The highest BCUT2D eigenvalue weighted by Crippen LogP contribution is 2.35. The molecule has 0 aliphatic heterocycles. The van der Waals surface area contributed by atoms with Gasteiger partial charge in [0.25, 0.3) is 0 Å². The Kier molecular flexibility index (Phi) is 4.32. The minimum absolute atomic E-state index is 0.0789. The molecule has 3 aromatic carbocycles. The van der Waals surface area contributed by atoms with Crippen LogP contribution in [0.15, 0.2) is 72.8 Å². The molecule has 0 unspecified atom stereocenters. The molecule has 0 bridgehead atoms. The van der Waals surface area contributed by atoms with Gasteiger partial charge in [0.2, 0.25) is 0 Å². The first-order valence-corrected chi connectivity index (χ1v) is 8.12. The summed E-state index contributed by atoms with van der Waals surface area (Å²) < 4.78 is 0. The van der Waals surface area contributed by atoms with E-state index in [1.54, 1.807) is 12.1 Å². The summed E-state index contributed by atoms with van der Waals surface area (Å²) >= 11 is 0. The molecule has 0 amide bonds. The Morgan fingerprint density at radius 2 is 1.44 bits per heavy atom. The quantitative estimate of drug-likeness (QED) is 0.700. The Labute approximate surface area is 147 Å². The zero-order chi connectivity index (χ0) is 18.0. The van der Waals surface area contributed by atoms with Crippen molar-refractivity contribution in [3.8, 4) is 16.9 Å². The van der Waals surface area contributed by atoms with Crippen molar-refractivity contribution in [3.05, 3.63) is 89.5 Å². The molecule has 3 aromatic rings. The number of aromatic hydroxyl groups is 1. The molecular weight excluding hydrogens is 312 g/mol. The fourth-order valence-electron chi connectivity index (χ4n) is 2.98. The van der Waals surface area contributed by atoms with Gasteiger partial charge in [-0.15, -0.1) is 0 Å². The van der Waals surface area contributed by atoms with Crippen molar-refractivity contribution in [2.75, 3.05) is 0 Å². The van der Waals surface area contributed by atoms with Crippen LogP contribution >= 0.6 is 0 Å². The number of hydrogen-bond donors (Lipinski definition) is 2. The van der Waals surface area contributed by atoms with E-state index in [1.807, 2.05) is 30.3 Å². The van der Waals surface area contributed by atoms with E-state index in [0.29, 0.717) is 0 Å². The summed E-state index contributed by atoms with van der Waals surface area (Å²) in [5.74, 6) is -1.35. The largest absolute Gasteiger partial charge is 0.507 e. The fourth-order valence-corrected chi connectivity index (χ4v) is 2.98. The molecule has 0 fully saturated rings. The maximum absolute atomic E-state index is 11.3. The summed E-state index contributed by atoms with van der Waals surface area (Å²) in [4.78, 5) is 11.3. The van der Waals surface area contributed by atoms with E-state index in [9.17, 15) is 15.0 Å². The molecule has 3 rings (SSSR count). The lowest BCUT2D eigenvalue weighted by molar-refractivity contribution is 0.0693. The molecule has 0 saturated carbocycles. The first kappa shape index (κ1) is 16.8. The number of hydrogen-bond acceptors (Lipinski definition) is 2. The van der Waals surface area contributed by atoms with Crippen molar-refractivity contribution < 1.29 is 15.0 Å². The number of phenols is 1. The summed E-state index contributed by atoms with van der Waals surface area (Å²) in [6, 6.07) is 23.1. The lowest BCUT2D eigenvalue weighted by Crippen LogP contribution is -2.19. The number of carboxylic acid groups (broad SMARTS) is 1. The smallest absolute Gasteiger partial charge is 0.339 e. The third-order valence-corrected chi connectivity index (χ3v) is 4.64. The Morgan fingerprint density at radius 1 is 0.800 bits per heavy atom. The normalized spacial score (nSPS) is 11.3. The summed E-state index contributed by atoms with van der Waals surface area (Å²) in [6.07, 6.45) is 0. The van der Waals surface area contributed by atoms with Crippen molar-refractivity contribution in [1.82, 2.24) is 0 Å². The molecule has 3 heteroatoms. The Morgan fingerprint density at radius 3 is 2.12 bits per heavy atom. The Hall–Kier alpha value is -3.07. The molecule has 0 aliphatic rings. The van der Waals surface area contributed by atoms with Crippen LogP contribution in [-0.2, 0) is 5.41 Å². The van der Waals surface area contributed by atoms with Crippen molar-refractivity contribution >= 4 is 5.97 Å². The molecule has 126 valence electrons. The second kappa shape index (κ2) is 6.44. The van der Waals surface area contributed by atoms with Crippen molar-refractivity contribution in [1.29, 1.82) is 0 Å². The third kappa shape index (κ3) is 3.26. The van der Waals surface area contributed by atoms with Crippen molar-refractivity contribution in [3.63, 3.8) is 0 Å². The predicted octanol–water partition coefficient (Wildman–Crippen LogP) is 5.08. The molecule has 0 atom stereocenters. The van der Waals surface area contributed by atoms with E-state index < -0.39 is 11.4 Å². The van der Waals surface area contributed by atoms with Crippen LogP contribution in [0.5, 0.6) is 5.75 Å². The van der Waals surface area contributed by atoms with Gasteiger partial charge in [0.05, 0.1) is 0 Å². The molecule has 0 spiro atoms. The maximum Gasteiger partial charge on any atom is 0.339 e. The molecule has 0 saturated heterocycles. The molecule has 2 N–H and O–H groups in total. The third-order valence-electron chi connectivity index (χ3n) is 4.64. The highest BCUT2D eigenvalue weighted by molar-refractivity contribution is 5.91. The van der Waals surface area contributed by atoms with Gasteiger partial charge in [0, 0.05) is 5.41 Å². The van der Waals surface area contributed by atoms with Crippen LogP contribution in [0.2, 0.25) is 0 Å². The van der Waals surface area contributed by atoms with Crippen molar-refractivity contribution in [2.45, 2.75) is 19.3 Å². The lowest BCUT2D eigenvalue weighted by atomic mass is 9.77. The van der Waals surface area contributed by atoms with Gasteiger partial charge >= 0.3 is 5.97 Å². The van der Waals surface area contributed by atoms with Crippen molar-refractivity contribution in [2.24, 2.45) is 0 Å². The molecule has 25 heavy (non-hydrogen) atoms.